The highest BCUT2D eigenvalue weighted by molar-refractivity contribution is 5.20. The molecule has 0 amide bonds. The van der Waals surface area contributed by atoms with Crippen molar-refractivity contribution in [3.05, 3.63) is 30.3 Å². The minimum atomic E-state index is -2.32. The lowest BCUT2D eigenvalue weighted by atomic mass is 10.1. The Kier molecular flexibility index (Phi) is 7.33. The second-order valence-electron chi connectivity index (χ2n) is 5.36. The van der Waals surface area contributed by atoms with E-state index in [1.54, 1.807) is 38.2 Å². The van der Waals surface area contributed by atoms with Crippen LogP contribution in [0.25, 0.3) is 0 Å². The molecule has 1 aromatic carbocycles. The third kappa shape index (κ3) is 4.37. The molecule has 0 saturated heterocycles. The molecule has 5 N–H and O–H groups in total. The van der Waals surface area contributed by atoms with Gasteiger partial charge in [0, 0.05) is 0 Å². The van der Waals surface area contributed by atoms with E-state index in [0.29, 0.717) is 12.3 Å². The van der Waals surface area contributed by atoms with E-state index in [-0.39, 0.29) is 18.3 Å². The Hall–Kier alpha value is -1.29. The molecule has 0 bridgehead atoms. The van der Waals surface area contributed by atoms with Gasteiger partial charge in [0.1, 0.15) is 12.4 Å². The molecule has 7 nitrogen and oxygen atoms in total. The molecule has 0 aliphatic carbocycles. The van der Waals surface area contributed by atoms with E-state index in [9.17, 15) is 9.59 Å². The van der Waals surface area contributed by atoms with Gasteiger partial charge in [0.25, 0.3) is 0 Å². The predicted octanol–water partition coefficient (Wildman–Crippen LogP) is -0.0990. The first kappa shape index (κ1) is 19.8. The Labute approximate surface area is 137 Å². The van der Waals surface area contributed by atoms with Crippen LogP contribution in [0.5, 0.6) is 5.75 Å². The fourth-order valence-corrected chi connectivity index (χ4v) is 2.48. The molecule has 1 aromatic rings. The van der Waals surface area contributed by atoms with Crippen LogP contribution in [0, 0.1) is 0 Å². The van der Waals surface area contributed by atoms with Crippen molar-refractivity contribution in [2.45, 2.75) is 18.6 Å². The molecular formula is C15H28FN5O2. The summed E-state index contributed by atoms with van der Waals surface area (Å²) in [6, 6.07) is 9.05. The number of aliphatic hydroxyl groups is 1. The number of likely N-dealkylation sites (N-methyl/N-ethyl adjacent to an activating group) is 3. The first-order chi connectivity index (χ1) is 10.8. The van der Waals surface area contributed by atoms with Gasteiger partial charge in [0.05, 0.1) is 6.54 Å². The Bertz CT molecular complexity index is 460. The van der Waals surface area contributed by atoms with E-state index < -0.39 is 11.6 Å². The van der Waals surface area contributed by atoms with Gasteiger partial charge in [-0.3, -0.25) is 21.3 Å². The summed E-state index contributed by atoms with van der Waals surface area (Å²) >= 11 is 0. The third-order valence-electron chi connectivity index (χ3n) is 3.67. The maximum absolute atomic E-state index is 14.5. The summed E-state index contributed by atoms with van der Waals surface area (Å²) in [4.78, 5) is 1.58. The zero-order chi connectivity index (χ0) is 17.5. The van der Waals surface area contributed by atoms with Crippen molar-refractivity contribution in [2.24, 2.45) is 5.73 Å². The standard InChI is InChI=1S/C15H28FN5O2/c1-5-19-15(18-2,20(3)4)14(17,22)21(16)11-12-23-13-9-7-6-8-10-13/h6-10,18-19,22H,5,11-12,17H2,1-4H3. The molecule has 0 spiro atoms. The van der Waals surface area contributed by atoms with Crippen LogP contribution >= 0.6 is 0 Å². The molecular weight excluding hydrogens is 301 g/mol. The lowest BCUT2D eigenvalue weighted by Gasteiger charge is -2.50. The van der Waals surface area contributed by atoms with Crippen LogP contribution in [0.3, 0.4) is 0 Å². The maximum Gasteiger partial charge on any atom is 0.246 e. The fourth-order valence-electron chi connectivity index (χ4n) is 2.48. The smallest absolute Gasteiger partial charge is 0.246 e. The molecule has 0 radical (unpaired) electrons. The van der Waals surface area contributed by atoms with Gasteiger partial charge in [-0.05, 0) is 39.8 Å². The lowest BCUT2D eigenvalue weighted by Crippen LogP contribution is -2.83. The van der Waals surface area contributed by atoms with E-state index >= 15 is 0 Å². The van der Waals surface area contributed by atoms with Crippen LogP contribution < -0.4 is 21.1 Å². The fraction of sp³-hybridized carbons (Fsp3) is 0.600. The van der Waals surface area contributed by atoms with E-state index in [2.05, 4.69) is 10.6 Å². The second-order valence-corrected chi connectivity index (χ2v) is 5.36. The van der Waals surface area contributed by atoms with Gasteiger partial charge in [0.2, 0.25) is 5.85 Å². The number of nitrogens with one attached hydrogen (secondary N) is 2. The monoisotopic (exact) mass is 329 g/mol. The van der Waals surface area contributed by atoms with Crippen LogP contribution in [0.1, 0.15) is 6.92 Å². The van der Waals surface area contributed by atoms with Crippen molar-refractivity contribution >= 4 is 0 Å². The largest absolute Gasteiger partial charge is 0.492 e. The summed E-state index contributed by atoms with van der Waals surface area (Å²) in [6.45, 7) is 2.16. The summed E-state index contributed by atoms with van der Waals surface area (Å²) in [7, 11) is 4.96. The molecule has 23 heavy (non-hydrogen) atoms. The van der Waals surface area contributed by atoms with Crippen molar-refractivity contribution in [3.8, 4) is 5.75 Å². The minimum absolute atomic E-state index is 0.0410. The van der Waals surface area contributed by atoms with Gasteiger partial charge in [-0.25, -0.2) is 0 Å². The van der Waals surface area contributed by atoms with Gasteiger partial charge in [-0.2, -0.15) is 0 Å². The summed E-state index contributed by atoms with van der Waals surface area (Å²) in [6.07, 6.45) is 0. The van der Waals surface area contributed by atoms with Crippen molar-refractivity contribution in [2.75, 3.05) is 40.8 Å². The van der Waals surface area contributed by atoms with Gasteiger partial charge >= 0.3 is 0 Å². The van der Waals surface area contributed by atoms with E-state index in [4.69, 9.17) is 10.5 Å². The summed E-state index contributed by atoms with van der Waals surface area (Å²) in [5.41, 5.74) is 5.90. The van der Waals surface area contributed by atoms with Crippen LogP contribution in [-0.2, 0) is 0 Å². The molecule has 0 heterocycles. The molecule has 132 valence electrons. The van der Waals surface area contributed by atoms with Crippen molar-refractivity contribution in [1.29, 1.82) is 0 Å². The second kappa shape index (κ2) is 8.53. The van der Waals surface area contributed by atoms with E-state index in [1.807, 2.05) is 25.1 Å². The van der Waals surface area contributed by atoms with Crippen LogP contribution in [0.2, 0.25) is 0 Å². The Morgan fingerprint density at radius 2 is 1.91 bits per heavy atom. The van der Waals surface area contributed by atoms with Gasteiger partial charge in [0.15, 0.2) is 5.79 Å². The summed E-state index contributed by atoms with van der Waals surface area (Å²) in [5, 5.41) is 16.6. The van der Waals surface area contributed by atoms with E-state index in [1.165, 1.54) is 0 Å². The molecule has 0 aliphatic rings. The highest BCUT2D eigenvalue weighted by Crippen LogP contribution is 2.22. The zero-order valence-electron chi connectivity index (χ0n) is 14.2. The number of hydrogen-bond acceptors (Lipinski definition) is 7. The van der Waals surface area contributed by atoms with E-state index in [0.717, 1.165) is 0 Å². The normalized spacial score (nSPS) is 17.1. The SMILES string of the molecule is CCNC(NC)(N(C)C)C(N)(O)N(F)CCOc1ccccc1. The highest BCUT2D eigenvalue weighted by Gasteiger charge is 2.53. The van der Waals surface area contributed by atoms with Crippen LogP contribution in [0.15, 0.2) is 30.3 Å². The minimum Gasteiger partial charge on any atom is -0.492 e. The average molecular weight is 329 g/mol. The lowest BCUT2D eigenvalue weighted by molar-refractivity contribution is -0.280. The molecule has 2 unspecified atom stereocenters. The number of ether oxygens (including phenoxy) is 1. The molecule has 0 aliphatic heterocycles. The molecule has 0 saturated carbocycles. The first-order valence-corrected chi connectivity index (χ1v) is 7.55. The number of hydrogen-bond donors (Lipinski definition) is 4. The first-order valence-electron chi connectivity index (χ1n) is 7.55. The van der Waals surface area contributed by atoms with Crippen LogP contribution in [0.4, 0.5) is 4.48 Å². The number of rotatable bonds is 10. The van der Waals surface area contributed by atoms with Crippen molar-refractivity contribution in [3.63, 3.8) is 0 Å². The van der Waals surface area contributed by atoms with Crippen molar-refractivity contribution < 1.29 is 14.3 Å². The molecule has 0 aromatic heterocycles. The van der Waals surface area contributed by atoms with Gasteiger partial charge < -0.3 is 9.84 Å². The maximum atomic E-state index is 14.5. The Morgan fingerprint density at radius 1 is 1.30 bits per heavy atom. The Morgan fingerprint density at radius 3 is 2.39 bits per heavy atom. The summed E-state index contributed by atoms with van der Waals surface area (Å²) < 4.78 is 20.0. The average Bonchev–Trinajstić information content (AvgIpc) is 2.52. The predicted molar refractivity (Wildman–Crippen MR) is 88.0 cm³/mol. The van der Waals surface area contributed by atoms with Gasteiger partial charge in [-0.15, -0.1) is 4.48 Å². The molecule has 8 heteroatoms. The number of benzene rings is 1. The number of nitrogens with zero attached hydrogens (tertiary/aromatic N) is 2. The number of nitrogens with two attached hydrogens (primary N) is 1. The molecule has 1 rings (SSSR count). The number of para-hydroxylation sites is 1. The summed E-state index contributed by atoms with van der Waals surface area (Å²) in [5.74, 6) is -3.06. The van der Waals surface area contributed by atoms with Crippen molar-refractivity contribution in [1.82, 2.24) is 20.7 Å². The quantitative estimate of drug-likeness (QED) is 0.352. The highest BCUT2D eigenvalue weighted by atomic mass is 19.2. The topological polar surface area (TPSA) is 86.0 Å². The van der Waals surface area contributed by atoms with Gasteiger partial charge in [-0.1, -0.05) is 30.2 Å². The number of halogens is 1. The zero-order valence-corrected chi connectivity index (χ0v) is 14.2. The van der Waals surface area contributed by atoms with Crippen LogP contribution in [-0.4, -0.2) is 67.6 Å². The molecule has 0 fully saturated rings. The third-order valence-corrected chi connectivity index (χ3v) is 3.67. The molecule has 2 atom stereocenters. The Balaban J connectivity index is 2.75.